The molecule has 4 rings (SSSR count). The lowest BCUT2D eigenvalue weighted by Crippen LogP contribution is -2.55. The summed E-state index contributed by atoms with van der Waals surface area (Å²) in [5, 5.41) is 43.6. The zero-order valence-corrected chi connectivity index (χ0v) is 17.7. The molecule has 168 valence electrons. The predicted molar refractivity (Wildman–Crippen MR) is 117 cm³/mol. The van der Waals surface area contributed by atoms with Crippen molar-refractivity contribution in [2.45, 2.75) is 36.9 Å². The van der Waals surface area contributed by atoms with Crippen molar-refractivity contribution in [1.29, 1.82) is 0 Å². The highest BCUT2D eigenvalue weighted by molar-refractivity contribution is 5.61. The zero-order chi connectivity index (χ0) is 22.1. The average molecular weight is 431 g/mol. The second kappa shape index (κ2) is 9.02. The number of rotatable bonds is 5. The first kappa shape index (κ1) is 21.9. The average Bonchev–Trinajstić information content (AvgIpc) is 2.77. The minimum Gasteiger partial charge on any atom is -0.490 e. The van der Waals surface area contributed by atoms with E-state index in [1.807, 2.05) is 49.3 Å². The second-order valence-electron chi connectivity index (χ2n) is 8.31. The first-order valence-electron chi connectivity index (χ1n) is 10.5. The molecule has 1 saturated heterocycles. The SMILES string of the molecule is CN(C)c1ccc([C@@H]2O[C@H](CO)[C@@H](O)[C@H](O)[C@H]2O)cc1Cc1ccc2c(c1)NCCO2. The van der Waals surface area contributed by atoms with Crippen LogP contribution in [0.4, 0.5) is 11.4 Å². The van der Waals surface area contributed by atoms with Crippen LogP contribution in [0.1, 0.15) is 22.8 Å². The highest BCUT2D eigenvalue weighted by Gasteiger charge is 2.44. The Kier molecular flexibility index (Phi) is 6.36. The molecule has 0 spiro atoms. The van der Waals surface area contributed by atoms with Crippen molar-refractivity contribution < 1.29 is 29.9 Å². The maximum atomic E-state index is 10.5. The second-order valence-corrected chi connectivity index (χ2v) is 8.31. The van der Waals surface area contributed by atoms with Crippen LogP contribution in [0.25, 0.3) is 0 Å². The zero-order valence-electron chi connectivity index (χ0n) is 17.7. The van der Waals surface area contributed by atoms with Gasteiger partial charge in [0.25, 0.3) is 0 Å². The Morgan fingerprint density at radius 1 is 1.03 bits per heavy atom. The Morgan fingerprint density at radius 3 is 2.58 bits per heavy atom. The molecule has 2 heterocycles. The normalized spacial score (nSPS) is 27.7. The van der Waals surface area contributed by atoms with Crippen molar-refractivity contribution in [3.63, 3.8) is 0 Å². The van der Waals surface area contributed by atoms with Gasteiger partial charge in [-0.3, -0.25) is 0 Å². The number of benzene rings is 2. The molecule has 8 heteroatoms. The molecular weight excluding hydrogens is 400 g/mol. The molecule has 2 aliphatic rings. The van der Waals surface area contributed by atoms with Gasteiger partial charge in [0.05, 0.1) is 12.3 Å². The fourth-order valence-electron chi connectivity index (χ4n) is 4.26. The molecule has 2 aromatic carbocycles. The Hall–Kier alpha value is -2.36. The van der Waals surface area contributed by atoms with Crippen LogP contribution in [-0.2, 0) is 11.2 Å². The van der Waals surface area contributed by atoms with Gasteiger partial charge in [0, 0.05) is 26.3 Å². The van der Waals surface area contributed by atoms with E-state index >= 15 is 0 Å². The number of aliphatic hydroxyl groups is 4. The van der Waals surface area contributed by atoms with E-state index in [1.165, 1.54) is 0 Å². The summed E-state index contributed by atoms with van der Waals surface area (Å²) in [6.07, 6.45) is -5.23. The van der Waals surface area contributed by atoms with Gasteiger partial charge in [0.1, 0.15) is 42.9 Å². The van der Waals surface area contributed by atoms with Crippen LogP contribution < -0.4 is 15.0 Å². The van der Waals surface area contributed by atoms with Crippen LogP contribution in [0.3, 0.4) is 0 Å². The maximum absolute atomic E-state index is 10.5. The van der Waals surface area contributed by atoms with Crippen LogP contribution in [0.5, 0.6) is 5.75 Å². The Morgan fingerprint density at radius 2 is 1.84 bits per heavy atom. The smallest absolute Gasteiger partial charge is 0.142 e. The fourth-order valence-corrected chi connectivity index (χ4v) is 4.26. The molecule has 2 aromatic rings. The van der Waals surface area contributed by atoms with E-state index < -0.39 is 37.1 Å². The molecule has 0 aromatic heterocycles. The molecule has 0 amide bonds. The van der Waals surface area contributed by atoms with Crippen molar-refractivity contribution >= 4 is 11.4 Å². The highest BCUT2D eigenvalue weighted by Crippen LogP contribution is 2.36. The molecule has 0 unspecified atom stereocenters. The minimum atomic E-state index is -1.40. The third-order valence-electron chi connectivity index (χ3n) is 5.92. The lowest BCUT2D eigenvalue weighted by Gasteiger charge is -2.40. The van der Waals surface area contributed by atoms with E-state index in [4.69, 9.17) is 9.47 Å². The first-order chi connectivity index (χ1) is 14.9. The van der Waals surface area contributed by atoms with Crippen molar-refractivity contribution in [1.82, 2.24) is 0 Å². The van der Waals surface area contributed by atoms with Crippen LogP contribution in [0.2, 0.25) is 0 Å². The summed E-state index contributed by atoms with van der Waals surface area (Å²) in [5.41, 5.74) is 4.80. The molecule has 31 heavy (non-hydrogen) atoms. The lowest BCUT2D eigenvalue weighted by atomic mass is 9.89. The molecular formula is C23H30N2O6. The van der Waals surface area contributed by atoms with E-state index in [1.54, 1.807) is 0 Å². The quantitative estimate of drug-likeness (QED) is 0.470. The van der Waals surface area contributed by atoms with Crippen molar-refractivity contribution in [2.24, 2.45) is 0 Å². The summed E-state index contributed by atoms with van der Waals surface area (Å²) < 4.78 is 11.4. The number of ether oxygens (including phenoxy) is 2. The molecule has 8 nitrogen and oxygen atoms in total. The summed E-state index contributed by atoms with van der Waals surface area (Å²) in [4.78, 5) is 2.02. The minimum absolute atomic E-state index is 0.450. The predicted octanol–water partition coefficient (Wildman–Crippen LogP) is 0.663. The summed E-state index contributed by atoms with van der Waals surface area (Å²) in [7, 11) is 3.93. The van der Waals surface area contributed by atoms with Crippen LogP contribution in [-0.4, -0.2) is 78.7 Å². The summed E-state index contributed by atoms with van der Waals surface area (Å²) in [6, 6.07) is 11.8. The molecule has 0 radical (unpaired) electrons. The molecule has 1 fully saturated rings. The third-order valence-corrected chi connectivity index (χ3v) is 5.92. The van der Waals surface area contributed by atoms with E-state index in [9.17, 15) is 20.4 Å². The van der Waals surface area contributed by atoms with Crippen molar-refractivity contribution in [2.75, 3.05) is 44.1 Å². The molecule has 5 N–H and O–H groups in total. The van der Waals surface area contributed by atoms with Crippen LogP contribution in [0.15, 0.2) is 36.4 Å². The maximum Gasteiger partial charge on any atom is 0.142 e. The highest BCUT2D eigenvalue weighted by atomic mass is 16.5. The number of nitrogens with one attached hydrogen (secondary N) is 1. The van der Waals surface area contributed by atoms with E-state index in [2.05, 4.69) is 11.4 Å². The van der Waals surface area contributed by atoms with Gasteiger partial charge in [-0.2, -0.15) is 0 Å². The summed E-state index contributed by atoms with van der Waals surface area (Å²) in [5.74, 6) is 0.845. The van der Waals surface area contributed by atoms with E-state index in [0.29, 0.717) is 18.6 Å². The van der Waals surface area contributed by atoms with Crippen molar-refractivity contribution in [3.05, 3.63) is 53.1 Å². The van der Waals surface area contributed by atoms with Crippen LogP contribution >= 0.6 is 0 Å². The molecule has 0 aliphatic carbocycles. The van der Waals surface area contributed by atoms with Crippen molar-refractivity contribution in [3.8, 4) is 5.75 Å². The monoisotopic (exact) mass is 430 g/mol. The molecule has 5 atom stereocenters. The van der Waals surface area contributed by atoms with Gasteiger partial charge < -0.3 is 40.1 Å². The molecule has 2 aliphatic heterocycles. The van der Waals surface area contributed by atoms with Gasteiger partial charge in [0.15, 0.2) is 0 Å². The largest absolute Gasteiger partial charge is 0.490 e. The van der Waals surface area contributed by atoms with Gasteiger partial charge in [-0.1, -0.05) is 18.2 Å². The Labute approximate surface area is 181 Å². The van der Waals surface area contributed by atoms with Gasteiger partial charge >= 0.3 is 0 Å². The number of aliphatic hydroxyl groups excluding tert-OH is 4. The van der Waals surface area contributed by atoms with E-state index in [-0.39, 0.29) is 0 Å². The number of nitrogens with zero attached hydrogens (tertiary/aromatic N) is 1. The Bertz CT molecular complexity index is 919. The number of hydrogen-bond donors (Lipinski definition) is 5. The first-order valence-corrected chi connectivity index (χ1v) is 10.5. The number of fused-ring (bicyclic) bond motifs is 1. The fraction of sp³-hybridized carbons (Fsp3) is 0.478. The lowest BCUT2D eigenvalue weighted by molar-refractivity contribution is -0.231. The van der Waals surface area contributed by atoms with Gasteiger partial charge in [-0.25, -0.2) is 0 Å². The van der Waals surface area contributed by atoms with Crippen LogP contribution in [0, 0.1) is 0 Å². The Balaban J connectivity index is 1.65. The standard InChI is InChI=1S/C23H30N2O6/c1-25(2)17-5-4-14(23-22(29)21(28)20(27)19(12-26)31-23)11-15(17)9-13-3-6-18-16(10-13)24-7-8-30-18/h3-6,10-11,19-24,26-29H,7-9,12H2,1-2H3/t19-,20-,21+,22-,23+/m1/s1. The van der Waals surface area contributed by atoms with Gasteiger partial charge in [0.2, 0.25) is 0 Å². The number of anilines is 2. The summed E-state index contributed by atoms with van der Waals surface area (Å²) >= 11 is 0. The number of hydrogen-bond acceptors (Lipinski definition) is 8. The molecule has 0 bridgehead atoms. The van der Waals surface area contributed by atoms with E-state index in [0.717, 1.165) is 34.8 Å². The van der Waals surface area contributed by atoms with Gasteiger partial charge in [-0.15, -0.1) is 0 Å². The third kappa shape index (κ3) is 4.35. The summed E-state index contributed by atoms with van der Waals surface area (Å²) in [6.45, 7) is 0.971. The van der Waals surface area contributed by atoms with Gasteiger partial charge in [-0.05, 0) is 41.3 Å². The molecule has 0 saturated carbocycles. The topological polar surface area (TPSA) is 115 Å².